The van der Waals surface area contributed by atoms with Gasteiger partial charge in [0.2, 0.25) is 4.80 Å². The summed E-state index contributed by atoms with van der Waals surface area (Å²) < 4.78 is 21.4. The van der Waals surface area contributed by atoms with Gasteiger partial charge in [0.25, 0.3) is 5.91 Å². The summed E-state index contributed by atoms with van der Waals surface area (Å²) in [5.41, 5.74) is 3.91. The van der Waals surface area contributed by atoms with Crippen LogP contribution in [-0.4, -0.2) is 27.9 Å². The average Bonchev–Trinajstić information content (AvgIpc) is 3.22. The molecule has 0 saturated carbocycles. The van der Waals surface area contributed by atoms with Gasteiger partial charge in [-0.25, -0.2) is 14.1 Å². The predicted octanol–water partition coefficient (Wildman–Crippen LogP) is 4.59. The van der Waals surface area contributed by atoms with Gasteiger partial charge in [-0.05, 0) is 43.3 Å². The molecular formula is C24H18FN5O2S. The van der Waals surface area contributed by atoms with Crippen molar-refractivity contribution >= 4 is 34.3 Å². The average molecular weight is 460 g/mol. The van der Waals surface area contributed by atoms with Crippen LogP contribution in [0.4, 0.5) is 15.8 Å². The molecule has 5 rings (SSSR count). The van der Waals surface area contributed by atoms with E-state index in [2.05, 4.69) is 15.3 Å². The van der Waals surface area contributed by atoms with Gasteiger partial charge in [-0.3, -0.25) is 9.78 Å². The number of amides is 1. The van der Waals surface area contributed by atoms with E-state index in [1.54, 1.807) is 41.3 Å². The Hall–Kier alpha value is -4.11. The monoisotopic (exact) mass is 459 g/mol. The zero-order valence-corrected chi connectivity index (χ0v) is 18.3. The quantitative estimate of drug-likeness (QED) is 0.454. The number of ether oxygens (including phenoxy) is 1. The van der Waals surface area contributed by atoms with Crippen molar-refractivity contribution < 1.29 is 13.9 Å². The van der Waals surface area contributed by atoms with Gasteiger partial charge in [-0.1, -0.05) is 18.2 Å². The fourth-order valence-corrected chi connectivity index (χ4v) is 4.19. The van der Waals surface area contributed by atoms with Gasteiger partial charge in [0, 0.05) is 28.9 Å². The SMILES string of the molecule is CC(=Nn1c(-c2ccc3c(c2)NC(=O)CO3)csc1=Nc1ccccc1F)c1cccnc1. The molecule has 0 spiro atoms. The van der Waals surface area contributed by atoms with E-state index in [1.165, 1.54) is 17.4 Å². The van der Waals surface area contributed by atoms with Crippen LogP contribution < -0.4 is 14.9 Å². The second-order valence-corrected chi connectivity index (χ2v) is 8.09. The molecule has 33 heavy (non-hydrogen) atoms. The number of anilines is 1. The molecule has 1 aliphatic rings. The van der Waals surface area contributed by atoms with Crippen LogP contribution in [0, 0.1) is 5.82 Å². The Morgan fingerprint density at radius 2 is 2.09 bits per heavy atom. The summed E-state index contributed by atoms with van der Waals surface area (Å²) in [6, 6.07) is 15.6. The molecule has 2 aromatic heterocycles. The highest BCUT2D eigenvalue weighted by atomic mass is 32.1. The van der Waals surface area contributed by atoms with Crippen molar-refractivity contribution in [3.05, 3.63) is 88.6 Å². The van der Waals surface area contributed by atoms with Gasteiger partial charge in [-0.15, -0.1) is 11.3 Å². The van der Waals surface area contributed by atoms with E-state index in [0.29, 0.717) is 21.9 Å². The second kappa shape index (κ2) is 8.79. The third-order valence-corrected chi connectivity index (χ3v) is 5.81. The zero-order chi connectivity index (χ0) is 22.8. The number of nitrogens with one attached hydrogen (secondary N) is 1. The van der Waals surface area contributed by atoms with Gasteiger partial charge in [0.15, 0.2) is 6.61 Å². The van der Waals surface area contributed by atoms with Crippen molar-refractivity contribution in [2.24, 2.45) is 10.1 Å². The van der Waals surface area contributed by atoms with E-state index in [-0.39, 0.29) is 18.2 Å². The van der Waals surface area contributed by atoms with E-state index in [1.807, 2.05) is 36.6 Å². The van der Waals surface area contributed by atoms with Crippen LogP contribution in [0.5, 0.6) is 5.75 Å². The molecule has 1 amide bonds. The fourth-order valence-electron chi connectivity index (χ4n) is 3.34. The van der Waals surface area contributed by atoms with Gasteiger partial charge in [-0.2, -0.15) is 5.10 Å². The molecule has 3 heterocycles. The molecule has 9 heteroatoms. The first kappa shape index (κ1) is 20.8. The first-order valence-corrected chi connectivity index (χ1v) is 11.0. The van der Waals surface area contributed by atoms with Gasteiger partial charge in [0.1, 0.15) is 17.3 Å². The number of para-hydroxylation sites is 1. The highest BCUT2D eigenvalue weighted by molar-refractivity contribution is 7.07. The van der Waals surface area contributed by atoms with Crippen molar-refractivity contribution in [1.29, 1.82) is 0 Å². The number of nitrogens with zero attached hydrogens (tertiary/aromatic N) is 4. The summed E-state index contributed by atoms with van der Waals surface area (Å²) in [7, 11) is 0. The Morgan fingerprint density at radius 3 is 2.91 bits per heavy atom. The molecule has 0 bridgehead atoms. The summed E-state index contributed by atoms with van der Waals surface area (Å²) in [4.78, 5) is 20.9. The lowest BCUT2D eigenvalue weighted by Gasteiger charge is -2.18. The van der Waals surface area contributed by atoms with Gasteiger partial charge >= 0.3 is 0 Å². The maximum atomic E-state index is 14.3. The molecule has 0 fully saturated rings. The van der Waals surface area contributed by atoms with E-state index in [4.69, 9.17) is 9.84 Å². The molecule has 0 saturated heterocycles. The van der Waals surface area contributed by atoms with Crippen LogP contribution in [0.3, 0.4) is 0 Å². The minimum atomic E-state index is -0.416. The maximum absolute atomic E-state index is 14.3. The lowest BCUT2D eigenvalue weighted by atomic mass is 10.1. The number of pyridine rings is 1. The predicted molar refractivity (Wildman–Crippen MR) is 125 cm³/mol. The van der Waals surface area contributed by atoms with Crippen LogP contribution in [0.1, 0.15) is 12.5 Å². The van der Waals surface area contributed by atoms with Crippen LogP contribution in [0.15, 0.2) is 82.5 Å². The number of thiazole rings is 1. The summed E-state index contributed by atoms with van der Waals surface area (Å²) in [5, 5.41) is 9.51. The Morgan fingerprint density at radius 1 is 1.21 bits per heavy atom. The molecule has 0 atom stereocenters. The number of rotatable bonds is 4. The minimum absolute atomic E-state index is 0.00886. The number of halogens is 1. The molecule has 2 aromatic carbocycles. The number of carbonyl (C=O) groups is 1. The number of hydrogen-bond donors (Lipinski definition) is 1. The largest absolute Gasteiger partial charge is 0.482 e. The first-order chi connectivity index (χ1) is 16.1. The smallest absolute Gasteiger partial charge is 0.262 e. The number of aromatic nitrogens is 2. The van der Waals surface area contributed by atoms with E-state index < -0.39 is 5.82 Å². The van der Waals surface area contributed by atoms with E-state index >= 15 is 0 Å². The molecule has 0 aliphatic carbocycles. The Bertz CT molecular complexity index is 1440. The molecule has 7 nitrogen and oxygen atoms in total. The summed E-state index contributed by atoms with van der Waals surface area (Å²) in [6.45, 7) is 1.87. The topological polar surface area (TPSA) is 80.9 Å². The summed E-state index contributed by atoms with van der Waals surface area (Å²) in [6.07, 6.45) is 3.42. The van der Waals surface area contributed by atoms with E-state index in [9.17, 15) is 9.18 Å². The summed E-state index contributed by atoms with van der Waals surface area (Å²) >= 11 is 1.34. The molecular weight excluding hydrogens is 441 g/mol. The van der Waals surface area contributed by atoms with Crippen LogP contribution in [0.25, 0.3) is 11.3 Å². The number of hydrogen-bond acceptors (Lipinski definition) is 6. The lowest BCUT2D eigenvalue weighted by molar-refractivity contribution is -0.118. The van der Waals surface area contributed by atoms with Gasteiger partial charge in [0.05, 0.1) is 17.1 Å². The van der Waals surface area contributed by atoms with Crippen molar-refractivity contribution in [3.63, 3.8) is 0 Å². The summed E-state index contributed by atoms with van der Waals surface area (Å²) in [5.74, 6) is -0.0226. The Labute approximate surface area is 192 Å². The number of carbonyl (C=O) groups excluding carboxylic acids is 1. The van der Waals surface area contributed by atoms with Crippen LogP contribution >= 0.6 is 11.3 Å². The van der Waals surface area contributed by atoms with Gasteiger partial charge < -0.3 is 10.1 Å². The zero-order valence-electron chi connectivity index (χ0n) is 17.5. The number of benzene rings is 2. The van der Waals surface area contributed by atoms with Crippen molar-refractivity contribution in [2.45, 2.75) is 6.92 Å². The lowest BCUT2D eigenvalue weighted by Crippen LogP contribution is -2.25. The standard InChI is InChI=1S/C24H18FN5O2S/c1-15(17-5-4-10-26-12-17)29-30-21(14-33-24(30)28-19-7-3-2-6-18(19)25)16-8-9-22-20(11-16)27-23(31)13-32-22/h2-12,14H,13H2,1H3,(H,27,31). The molecule has 1 N–H and O–H groups in total. The maximum Gasteiger partial charge on any atom is 0.262 e. The number of fused-ring (bicyclic) bond motifs is 1. The minimum Gasteiger partial charge on any atom is -0.482 e. The normalized spacial score (nSPS) is 13.9. The molecule has 0 unspecified atom stereocenters. The third-order valence-electron chi connectivity index (χ3n) is 4.99. The van der Waals surface area contributed by atoms with Crippen molar-refractivity contribution in [3.8, 4) is 17.0 Å². The molecule has 164 valence electrons. The molecule has 1 aliphatic heterocycles. The third kappa shape index (κ3) is 4.31. The van der Waals surface area contributed by atoms with Crippen molar-refractivity contribution in [1.82, 2.24) is 9.66 Å². The highest BCUT2D eigenvalue weighted by Crippen LogP contribution is 2.33. The second-order valence-electron chi connectivity index (χ2n) is 7.25. The first-order valence-electron chi connectivity index (χ1n) is 10.1. The molecule has 0 radical (unpaired) electrons. The Balaban J connectivity index is 1.68. The highest BCUT2D eigenvalue weighted by Gasteiger charge is 2.18. The van der Waals surface area contributed by atoms with Crippen molar-refractivity contribution in [2.75, 3.05) is 11.9 Å². The Kier molecular flexibility index (Phi) is 5.54. The fraction of sp³-hybridized carbons (Fsp3) is 0.0833. The van der Waals surface area contributed by atoms with Crippen LogP contribution in [-0.2, 0) is 4.79 Å². The van der Waals surface area contributed by atoms with E-state index in [0.717, 1.165) is 16.8 Å². The molecule has 4 aromatic rings. The van der Waals surface area contributed by atoms with Crippen LogP contribution in [0.2, 0.25) is 0 Å².